The van der Waals surface area contributed by atoms with Gasteiger partial charge < -0.3 is 10.2 Å². The Bertz CT molecular complexity index is 490. The lowest BCUT2D eigenvalue weighted by Gasteiger charge is -2.28. The number of rotatable bonds is 2. The highest BCUT2D eigenvalue weighted by atomic mass is 32.2. The second-order valence-corrected chi connectivity index (χ2v) is 5.67. The largest absolute Gasteiger partial charge is 0.342 e. The lowest BCUT2D eigenvalue weighted by molar-refractivity contribution is -0.119. The summed E-state index contributed by atoms with van der Waals surface area (Å²) in [4.78, 5) is 11.9. The Labute approximate surface area is 113 Å². The first kappa shape index (κ1) is 15.6. The predicted molar refractivity (Wildman–Crippen MR) is 71.4 cm³/mol. The van der Waals surface area contributed by atoms with Crippen LogP contribution in [0.4, 0.5) is 0 Å². The molecule has 1 heterocycles. The van der Waals surface area contributed by atoms with Crippen molar-refractivity contribution < 1.29 is 17.8 Å². The van der Waals surface area contributed by atoms with Crippen molar-refractivity contribution >= 4 is 16.5 Å². The molecule has 1 aromatic carbocycles. The minimum atomic E-state index is -4.00. The topological polar surface area (TPSA) is 86.7 Å². The molecule has 1 unspecified atom stereocenters. The maximum absolute atomic E-state index is 10.4. The lowest BCUT2D eigenvalue weighted by atomic mass is 10.2. The maximum atomic E-state index is 10.4. The molecule has 0 spiro atoms. The van der Waals surface area contributed by atoms with Crippen LogP contribution in [0.15, 0.2) is 35.2 Å². The number of hydrogen-bond donors (Lipinski definition) is 2. The average Bonchev–Trinajstić information content (AvgIpc) is 2.39. The fraction of sp³-hybridized carbons (Fsp3) is 0.417. The molecular weight excluding hydrogens is 268 g/mol. The van der Waals surface area contributed by atoms with E-state index in [1.807, 2.05) is 0 Å². The van der Waals surface area contributed by atoms with E-state index in [-0.39, 0.29) is 4.90 Å². The van der Waals surface area contributed by atoms with Crippen LogP contribution >= 0.6 is 0 Å². The van der Waals surface area contributed by atoms with Gasteiger partial charge in [-0.05, 0) is 19.1 Å². The zero-order chi connectivity index (χ0) is 14.3. The van der Waals surface area contributed by atoms with E-state index in [0.29, 0.717) is 6.04 Å². The van der Waals surface area contributed by atoms with E-state index >= 15 is 0 Å². The SMILES string of the molecule is CC1CN(C=O)CCN1.O=S(=O)(O)c1ccccc1. The molecule has 0 radical (unpaired) electrons. The third-order valence-corrected chi connectivity index (χ3v) is 3.46. The molecule has 2 rings (SSSR count). The second kappa shape index (κ2) is 7.22. The number of nitrogens with zero attached hydrogens (tertiary/aromatic N) is 1. The van der Waals surface area contributed by atoms with Crippen molar-refractivity contribution in [2.24, 2.45) is 0 Å². The minimum Gasteiger partial charge on any atom is -0.342 e. The summed E-state index contributed by atoms with van der Waals surface area (Å²) < 4.78 is 29.2. The summed E-state index contributed by atoms with van der Waals surface area (Å²) in [5, 5.41) is 3.25. The van der Waals surface area contributed by atoms with Gasteiger partial charge in [-0.1, -0.05) is 18.2 Å². The van der Waals surface area contributed by atoms with E-state index in [1.165, 1.54) is 12.1 Å². The monoisotopic (exact) mass is 286 g/mol. The molecule has 1 aliphatic rings. The molecule has 106 valence electrons. The molecule has 0 bridgehead atoms. The Kier molecular flexibility index (Phi) is 5.94. The standard InChI is InChI=1S/C6H12N2O.C6H6O3S/c1-6-4-8(5-9)3-2-7-6;7-10(8,9)6-4-2-1-3-5-6/h5-7H,2-4H2,1H3;1-5H,(H,7,8,9). The Morgan fingerprint density at radius 2 is 2.00 bits per heavy atom. The Morgan fingerprint density at radius 1 is 1.37 bits per heavy atom. The fourth-order valence-corrected chi connectivity index (χ4v) is 2.15. The third-order valence-electron chi connectivity index (χ3n) is 2.59. The van der Waals surface area contributed by atoms with Gasteiger partial charge in [0.2, 0.25) is 6.41 Å². The number of piperazine rings is 1. The highest BCUT2D eigenvalue weighted by Gasteiger charge is 2.12. The van der Waals surface area contributed by atoms with Crippen molar-refractivity contribution in [3.8, 4) is 0 Å². The molecule has 1 aliphatic heterocycles. The van der Waals surface area contributed by atoms with Gasteiger partial charge in [0, 0.05) is 25.7 Å². The zero-order valence-corrected chi connectivity index (χ0v) is 11.5. The smallest absolute Gasteiger partial charge is 0.294 e. The van der Waals surface area contributed by atoms with Crippen LogP contribution in [0.2, 0.25) is 0 Å². The van der Waals surface area contributed by atoms with E-state index in [4.69, 9.17) is 4.55 Å². The third kappa shape index (κ3) is 5.82. The van der Waals surface area contributed by atoms with Gasteiger partial charge in [-0.2, -0.15) is 8.42 Å². The molecule has 6 nitrogen and oxygen atoms in total. The molecule has 0 aromatic heterocycles. The van der Waals surface area contributed by atoms with Crippen molar-refractivity contribution in [3.05, 3.63) is 30.3 Å². The summed E-state index contributed by atoms with van der Waals surface area (Å²) in [5.41, 5.74) is 0. The average molecular weight is 286 g/mol. The molecule has 1 amide bonds. The number of nitrogens with one attached hydrogen (secondary N) is 1. The van der Waals surface area contributed by atoms with Gasteiger partial charge in [-0.25, -0.2) is 0 Å². The van der Waals surface area contributed by atoms with Crippen LogP contribution < -0.4 is 5.32 Å². The van der Waals surface area contributed by atoms with E-state index in [9.17, 15) is 13.2 Å². The van der Waals surface area contributed by atoms with Crippen LogP contribution in [0.1, 0.15) is 6.92 Å². The van der Waals surface area contributed by atoms with Crippen LogP contribution in [0, 0.1) is 0 Å². The first-order chi connectivity index (χ1) is 8.93. The summed E-state index contributed by atoms with van der Waals surface area (Å²) in [6, 6.07) is 7.88. The van der Waals surface area contributed by atoms with Crippen molar-refractivity contribution in [3.63, 3.8) is 0 Å². The minimum absolute atomic E-state index is 0.0741. The molecular formula is C12H18N2O4S. The molecule has 7 heteroatoms. The van der Waals surface area contributed by atoms with E-state index in [1.54, 1.807) is 23.1 Å². The van der Waals surface area contributed by atoms with Gasteiger partial charge in [0.25, 0.3) is 10.1 Å². The summed E-state index contributed by atoms with van der Waals surface area (Å²) in [7, 11) is -4.00. The normalized spacial score (nSPS) is 19.3. The van der Waals surface area contributed by atoms with Crippen LogP contribution in [-0.4, -0.2) is 50.0 Å². The first-order valence-corrected chi connectivity index (χ1v) is 7.32. The molecule has 1 atom stereocenters. The highest BCUT2D eigenvalue weighted by Crippen LogP contribution is 2.05. The van der Waals surface area contributed by atoms with Crippen molar-refractivity contribution in [2.75, 3.05) is 19.6 Å². The van der Waals surface area contributed by atoms with E-state index < -0.39 is 10.1 Å². The molecule has 0 saturated carbocycles. The quantitative estimate of drug-likeness (QED) is 0.606. The predicted octanol–water partition coefficient (Wildman–Crippen LogP) is 0.370. The van der Waals surface area contributed by atoms with Gasteiger partial charge in [0.05, 0.1) is 4.90 Å². The number of carbonyl (C=O) groups is 1. The summed E-state index contributed by atoms with van der Waals surface area (Å²) in [5.74, 6) is 0. The van der Waals surface area contributed by atoms with Crippen molar-refractivity contribution in [1.82, 2.24) is 10.2 Å². The van der Waals surface area contributed by atoms with E-state index in [0.717, 1.165) is 26.0 Å². The van der Waals surface area contributed by atoms with Gasteiger partial charge in [0.1, 0.15) is 0 Å². The van der Waals surface area contributed by atoms with Crippen molar-refractivity contribution in [1.29, 1.82) is 0 Å². The van der Waals surface area contributed by atoms with Crippen LogP contribution in [0.25, 0.3) is 0 Å². The van der Waals surface area contributed by atoms with Crippen LogP contribution in [-0.2, 0) is 14.9 Å². The van der Waals surface area contributed by atoms with Gasteiger partial charge >= 0.3 is 0 Å². The van der Waals surface area contributed by atoms with E-state index in [2.05, 4.69) is 12.2 Å². The maximum Gasteiger partial charge on any atom is 0.294 e. The van der Waals surface area contributed by atoms with Crippen LogP contribution in [0.3, 0.4) is 0 Å². The molecule has 1 saturated heterocycles. The molecule has 0 aliphatic carbocycles. The molecule has 19 heavy (non-hydrogen) atoms. The van der Waals surface area contributed by atoms with Gasteiger partial charge in [0.15, 0.2) is 0 Å². The highest BCUT2D eigenvalue weighted by molar-refractivity contribution is 7.85. The summed E-state index contributed by atoms with van der Waals surface area (Å²) >= 11 is 0. The molecule has 1 aromatic rings. The van der Waals surface area contributed by atoms with Gasteiger partial charge in [-0.3, -0.25) is 9.35 Å². The summed E-state index contributed by atoms with van der Waals surface area (Å²) in [6.07, 6.45) is 0.914. The number of carbonyl (C=O) groups excluding carboxylic acids is 1. The number of amides is 1. The van der Waals surface area contributed by atoms with Gasteiger partial charge in [-0.15, -0.1) is 0 Å². The number of benzene rings is 1. The Balaban J connectivity index is 0.000000191. The van der Waals surface area contributed by atoms with Crippen molar-refractivity contribution in [2.45, 2.75) is 17.9 Å². The number of hydrogen-bond acceptors (Lipinski definition) is 4. The lowest BCUT2D eigenvalue weighted by Crippen LogP contribution is -2.48. The molecule has 1 fully saturated rings. The zero-order valence-electron chi connectivity index (χ0n) is 10.7. The first-order valence-electron chi connectivity index (χ1n) is 5.88. The Hall–Kier alpha value is -1.44. The van der Waals surface area contributed by atoms with Crippen LogP contribution in [0.5, 0.6) is 0 Å². The fourth-order valence-electron chi connectivity index (χ4n) is 1.65. The summed E-state index contributed by atoms with van der Waals surface area (Å²) in [6.45, 7) is 4.72. The second-order valence-electron chi connectivity index (χ2n) is 4.24. The molecule has 2 N–H and O–H groups in total. The Morgan fingerprint density at radius 3 is 2.37 bits per heavy atom.